The van der Waals surface area contributed by atoms with Gasteiger partial charge in [0.05, 0.1) is 13.2 Å². The number of rotatable bonds is 13. The summed E-state index contributed by atoms with van der Waals surface area (Å²) in [5.74, 6) is 0. The second-order valence-corrected chi connectivity index (χ2v) is 6.00. The van der Waals surface area contributed by atoms with Crippen molar-refractivity contribution in [3.63, 3.8) is 0 Å². The topological polar surface area (TPSA) is 49.7 Å². The average molecular weight is 320 g/mol. The van der Waals surface area contributed by atoms with Gasteiger partial charge < -0.3 is 14.9 Å². The number of benzene rings is 1. The monoisotopic (exact) mass is 320 g/mol. The van der Waals surface area contributed by atoms with Crippen LogP contribution in [0.1, 0.15) is 57.4 Å². The highest BCUT2D eigenvalue weighted by atomic mass is 16.5. The molecule has 1 aromatic rings. The Morgan fingerprint density at radius 1 is 1.04 bits per heavy atom. The lowest BCUT2D eigenvalue weighted by Crippen LogP contribution is -2.30. The van der Waals surface area contributed by atoms with Crippen molar-refractivity contribution < 1.29 is 14.9 Å². The van der Waals surface area contributed by atoms with Crippen LogP contribution in [0.4, 0.5) is 0 Å². The summed E-state index contributed by atoms with van der Waals surface area (Å²) in [4.78, 5) is 0. The number of hydrogen-bond acceptors (Lipinski definition) is 3. The van der Waals surface area contributed by atoms with Crippen LogP contribution >= 0.6 is 0 Å². The summed E-state index contributed by atoms with van der Waals surface area (Å²) in [7, 11) is 0. The smallest absolute Gasteiger partial charge is 0.107 e. The summed E-state index contributed by atoms with van der Waals surface area (Å²) in [5.41, 5.74) is 1.06. The van der Waals surface area contributed by atoms with Crippen molar-refractivity contribution >= 4 is 0 Å². The zero-order valence-corrected chi connectivity index (χ0v) is 14.4. The van der Waals surface area contributed by atoms with Crippen molar-refractivity contribution in [2.24, 2.45) is 0 Å². The van der Waals surface area contributed by atoms with Crippen molar-refractivity contribution in [2.75, 3.05) is 6.61 Å². The van der Waals surface area contributed by atoms with Crippen molar-refractivity contribution in [1.82, 2.24) is 0 Å². The molecule has 0 radical (unpaired) electrons. The van der Waals surface area contributed by atoms with E-state index in [1.54, 1.807) is 0 Å². The van der Waals surface area contributed by atoms with E-state index >= 15 is 0 Å². The molecule has 0 aromatic heterocycles. The van der Waals surface area contributed by atoms with E-state index in [0.717, 1.165) is 12.0 Å². The van der Waals surface area contributed by atoms with Crippen LogP contribution in [-0.2, 0) is 11.3 Å². The van der Waals surface area contributed by atoms with Gasteiger partial charge in [0.1, 0.15) is 12.2 Å². The maximum Gasteiger partial charge on any atom is 0.107 e. The molecule has 0 unspecified atom stereocenters. The van der Waals surface area contributed by atoms with Gasteiger partial charge in [-0.1, -0.05) is 81.5 Å². The predicted octanol–water partition coefficient (Wildman–Crippen LogP) is 4.23. The lowest BCUT2D eigenvalue weighted by atomic mass is 10.1. The molecule has 1 rings (SSSR count). The summed E-state index contributed by atoms with van der Waals surface area (Å²) in [6, 6.07) is 9.86. The average Bonchev–Trinajstić information content (AvgIpc) is 2.60. The van der Waals surface area contributed by atoms with E-state index in [4.69, 9.17) is 9.84 Å². The molecule has 0 aliphatic carbocycles. The summed E-state index contributed by atoms with van der Waals surface area (Å²) in [5, 5.41) is 19.0. The summed E-state index contributed by atoms with van der Waals surface area (Å²) in [6.07, 6.45) is 11.3. The molecule has 3 nitrogen and oxygen atoms in total. The van der Waals surface area contributed by atoms with Gasteiger partial charge in [-0.05, 0) is 18.4 Å². The molecular formula is C20H32O3. The van der Waals surface area contributed by atoms with E-state index in [9.17, 15) is 5.11 Å². The molecule has 0 aliphatic heterocycles. The van der Waals surface area contributed by atoms with Crippen molar-refractivity contribution in [2.45, 2.75) is 70.7 Å². The normalized spacial score (nSPS) is 14.2. The first-order valence-electron chi connectivity index (χ1n) is 8.89. The van der Waals surface area contributed by atoms with Gasteiger partial charge in [0.15, 0.2) is 0 Å². The minimum Gasteiger partial charge on any atom is -0.394 e. The van der Waals surface area contributed by atoms with Crippen LogP contribution in [0.25, 0.3) is 0 Å². The molecule has 23 heavy (non-hydrogen) atoms. The number of ether oxygens (including phenoxy) is 1. The Kier molecular flexibility index (Phi) is 11.5. The van der Waals surface area contributed by atoms with E-state index in [1.807, 2.05) is 36.4 Å². The van der Waals surface area contributed by atoms with Gasteiger partial charge in [0.2, 0.25) is 0 Å². The van der Waals surface area contributed by atoms with Gasteiger partial charge in [-0.25, -0.2) is 0 Å². The number of aliphatic hydroxyl groups is 2. The molecule has 0 saturated carbocycles. The second-order valence-electron chi connectivity index (χ2n) is 6.00. The Bertz CT molecular complexity index is 403. The Labute approximate surface area is 141 Å². The number of allylic oxidation sites excluding steroid dienone is 1. The Balaban J connectivity index is 2.29. The first-order chi connectivity index (χ1) is 11.3. The molecular weight excluding hydrogens is 288 g/mol. The van der Waals surface area contributed by atoms with Crippen molar-refractivity contribution in [1.29, 1.82) is 0 Å². The molecule has 0 aliphatic rings. The van der Waals surface area contributed by atoms with Gasteiger partial charge in [-0.15, -0.1) is 0 Å². The molecule has 0 amide bonds. The lowest BCUT2D eigenvalue weighted by molar-refractivity contribution is -0.0407. The zero-order valence-electron chi connectivity index (χ0n) is 14.4. The lowest BCUT2D eigenvalue weighted by Gasteiger charge is -2.19. The standard InChI is InChI=1S/C20H32O3/c1-2-3-4-5-6-7-8-12-15-20(19(22)16-21)23-17-18-13-10-9-11-14-18/h9-15,19-22H,2-8,16-17H2,1H3/b15-12+/t19-,20+/m1/s1. The molecule has 0 saturated heterocycles. The first-order valence-corrected chi connectivity index (χ1v) is 8.89. The van der Waals surface area contributed by atoms with Gasteiger partial charge in [0, 0.05) is 0 Å². The molecule has 0 spiro atoms. The largest absolute Gasteiger partial charge is 0.394 e. The molecule has 0 heterocycles. The van der Waals surface area contributed by atoms with Crippen LogP contribution in [0, 0.1) is 0 Å². The predicted molar refractivity (Wildman–Crippen MR) is 95.2 cm³/mol. The molecule has 0 fully saturated rings. The minimum absolute atomic E-state index is 0.291. The van der Waals surface area contributed by atoms with Crippen LogP contribution in [0.5, 0.6) is 0 Å². The Morgan fingerprint density at radius 3 is 2.43 bits per heavy atom. The number of hydrogen-bond donors (Lipinski definition) is 2. The third-order valence-corrected chi connectivity index (χ3v) is 3.90. The molecule has 3 heteroatoms. The SMILES string of the molecule is CCCCCCCC/C=C/[C@H](OCc1ccccc1)[C@H](O)CO. The molecule has 130 valence electrons. The van der Waals surface area contributed by atoms with Gasteiger partial charge in [0.25, 0.3) is 0 Å². The third kappa shape index (κ3) is 9.54. The fourth-order valence-electron chi connectivity index (χ4n) is 2.44. The Morgan fingerprint density at radius 2 is 1.74 bits per heavy atom. The number of unbranched alkanes of at least 4 members (excludes halogenated alkanes) is 6. The van der Waals surface area contributed by atoms with Gasteiger partial charge >= 0.3 is 0 Å². The maximum atomic E-state index is 9.87. The fourth-order valence-corrected chi connectivity index (χ4v) is 2.44. The summed E-state index contributed by atoms with van der Waals surface area (Å²) >= 11 is 0. The first kappa shape index (κ1) is 19.9. The van der Waals surface area contributed by atoms with Gasteiger partial charge in [-0.2, -0.15) is 0 Å². The summed E-state index contributed by atoms with van der Waals surface area (Å²) < 4.78 is 5.74. The van der Waals surface area contributed by atoms with Crippen LogP contribution in [0.15, 0.2) is 42.5 Å². The van der Waals surface area contributed by atoms with E-state index in [0.29, 0.717) is 6.61 Å². The van der Waals surface area contributed by atoms with Gasteiger partial charge in [-0.3, -0.25) is 0 Å². The zero-order chi connectivity index (χ0) is 16.8. The molecule has 2 atom stereocenters. The van der Waals surface area contributed by atoms with E-state index < -0.39 is 12.2 Å². The minimum atomic E-state index is -0.875. The van der Waals surface area contributed by atoms with Crippen LogP contribution in [0.3, 0.4) is 0 Å². The molecule has 1 aromatic carbocycles. The van der Waals surface area contributed by atoms with Crippen LogP contribution in [-0.4, -0.2) is 29.0 Å². The third-order valence-electron chi connectivity index (χ3n) is 3.90. The van der Waals surface area contributed by atoms with Crippen molar-refractivity contribution in [3.8, 4) is 0 Å². The highest BCUT2D eigenvalue weighted by Gasteiger charge is 2.15. The fraction of sp³-hybridized carbons (Fsp3) is 0.600. The van der Waals surface area contributed by atoms with Crippen LogP contribution < -0.4 is 0 Å². The van der Waals surface area contributed by atoms with E-state index in [2.05, 4.69) is 13.0 Å². The van der Waals surface area contributed by atoms with E-state index in [-0.39, 0.29) is 6.61 Å². The highest BCUT2D eigenvalue weighted by molar-refractivity contribution is 5.13. The highest BCUT2D eigenvalue weighted by Crippen LogP contribution is 2.10. The molecule has 2 N–H and O–H groups in total. The molecule has 0 bridgehead atoms. The quantitative estimate of drug-likeness (QED) is 0.422. The van der Waals surface area contributed by atoms with Crippen LogP contribution in [0.2, 0.25) is 0 Å². The van der Waals surface area contributed by atoms with Crippen molar-refractivity contribution in [3.05, 3.63) is 48.0 Å². The Hall–Kier alpha value is -1.16. The van der Waals surface area contributed by atoms with E-state index in [1.165, 1.54) is 38.5 Å². The second kappa shape index (κ2) is 13.3. The maximum absolute atomic E-state index is 9.87. The summed E-state index contributed by atoms with van der Waals surface area (Å²) in [6.45, 7) is 2.37. The number of aliphatic hydroxyl groups excluding tert-OH is 2.